The van der Waals surface area contributed by atoms with Crippen molar-refractivity contribution in [2.45, 2.75) is 32.1 Å². The molecule has 1 saturated heterocycles. The molecule has 1 aromatic heterocycles. The third-order valence-corrected chi connectivity index (χ3v) is 7.20. The first kappa shape index (κ1) is 16.7. The lowest BCUT2D eigenvalue weighted by Gasteiger charge is -2.33. The van der Waals surface area contributed by atoms with Gasteiger partial charge in [0.25, 0.3) is 0 Å². The maximum absolute atomic E-state index is 12.3. The van der Waals surface area contributed by atoms with Crippen molar-refractivity contribution < 1.29 is 13.2 Å². The molecule has 7 nitrogen and oxygen atoms in total. The highest BCUT2D eigenvalue weighted by Crippen LogP contribution is 2.37. The Balaban J connectivity index is 1.52. The summed E-state index contributed by atoms with van der Waals surface area (Å²) in [6.45, 7) is 3.16. The summed E-state index contributed by atoms with van der Waals surface area (Å²) in [5, 5.41) is 5.47. The van der Waals surface area contributed by atoms with Gasteiger partial charge >= 0.3 is 6.03 Å². The molecule has 1 aliphatic heterocycles. The van der Waals surface area contributed by atoms with Gasteiger partial charge in [-0.05, 0) is 19.8 Å². The number of carbonyl (C=O) groups is 1. The number of amides is 2. The summed E-state index contributed by atoms with van der Waals surface area (Å²) in [4.78, 5) is 18.4. The monoisotopic (exact) mass is 358 g/mol. The van der Waals surface area contributed by atoms with E-state index in [0.717, 1.165) is 5.69 Å². The van der Waals surface area contributed by atoms with E-state index in [-0.39, 0.29) is 11.8 Å². The van der Waals surface area contributed by atoms with E-state index in [2.05, 4.69) is 10.3 Å². The van der Waals surface area contributed by atoms with E-state index in [9.17, 15) is 13.2 Å². The number of thiazole rings is 1. The Hall–Kier alpha value is -1.19. The molecule has 128 valence electrons. The van der Waals surface area contributed by atoms with Gasteiger partial charge in [0.1, 0.15) is 0 Å². The topological polar surface area (TPSA) is 82.6 Å². The van der Waals surface area contributed by atoms with Crippen LogP contribution >= 0.6 is 11.3 Å². The highest BCUT2D eigenvalue weighted by atomic mass is 32.2. The number of nitrogens with zero attached hydrogens (tertiary/aromatic N) is 3. The number of urea groups is 1. The van der Waals surface area contributed by atoms with Crippen molar-refractivity contribution in [2.75, 3.05) is 37.2 Å². The molecule has 0 spiro atoms. The standard InChI is InChI=1S/C14H22N4O3S2/c1-2-23(20,21)18-8-6-17(7-9-18)14(19)16-13-15-12(10-22-13)11-4-3-5-11/h10-11H,2-9H2,1H3,(H,15,16,19). The molecule has 3 rings (SSSR count). The lowest BCUT2D eigenvalue weighted by atomic mass is 9.83. The van der Waals surface area contributed by atoms with Crippen LogP contribution in [0.25, 0.3) is 0 Å². The van der Waals surface area contributed by atoms with Crippen LogP contribution in [0.15, 0.2) is 5.38 Å². The van der Waals surface area contributed by atoms with Crippen LogP contribution in [0.2, 0.25) is 0 Å². The summed E-state index contributed by atoms with van der Waals surface area (Å²) in [5.41, 5.74) is 1.08. The van der Waals surface area contributed by atoms with Gasteiger partial charge in [0.2, 0.25) is 10.0 Å². The third kappa shape index (κ3) is 3.67. The number of hydrogen-bond donors (Lipinski definition) is 1. The van der Waals surface area contributed by atoms with Crippen molar-refractivity contribution in [3.05, 3.63) is 11.1 Å². The molecular weight excluding hydrogens is 336 g/mol. The predicted octanol–water partition coefficient (Wildman–Crippen LogP) is 1.91. The summed E-state index contributed by atoms with van der Waals surface area (Å²) in [7, 11) is -3.17. The Morgan fingerprint density at radius 1 is 1.35 bits per heavy atom. The SMILES string of the molecule is CCS(=O)(=O)N1CCN(C(=O)Nc2nc(C3CCC3)cs2)CC1. The number of anilines is 1. The molecule has 0 bridgehead atoms. The maximum atomic E-state index is 12.3. The van der Waals surface area contributed by atoms with Crippen LogP contribution in [-0.2, 0) is 10.0 Å². The summed E-state index contributed by atoms with van der Waals surface area (Å²) < 4.78 is 25.1. The molecule has 0 atom stereocenters. The van der Waals surface area contributed by atoms with Crippen molar-refractivity contribution >= 4 is 32.5 Å². The second-order valence-corrected chi connectivity index (χ2v) is 9.04. The van der Waals surface area contributed by atoms with Gasteiger partial charge in [0.05, 0.1) is 11.4 Å². The second kappa shape index (κ2) is 6.74. The molecule has 0 radical (unpaired) electrons. The largest absolute Gasteiger partial charge is 0.323 e. The first-order valence-electron chi connectivity index (χ1n) is 7.99. The van der Waals surface area contributed by atoms with Crippen molar-refractivity contribution in [1.29, 1.82) is 0 Å². The van der Waals surface area contributed by atoms with E-state index in [1.54, 1.807) is 11.8 Å². The molecule has 1 N–H and O–H groups in total. The van der Waals surface area contributed by atoms with E-state index in [0.29, 0.717) is 37.2 Å². The van der Waals surface area contributed by atoms with Crippen LogP contribution in [0.5, 0.6) is 0 Å². The number of piperazine rings is 1. The molecule has 2 fully saturated rings. The van der Waals surface area contributed by atoms with Crippen LogP contribution in [0.3, 0.4) is 0 Å². The zero-order valence-corrected chi connectivity index (χ0v) is 14.8. The van der Waals surface area contributed by atoms with Crippen LogP contribution in [0.1, 0.15) is 37.8 Å². The fourth-order valence-electron chi connectivity index (χ4n) is 2.76. The average molecular weight is 358 g/mol. The average Bonchev–Trinajstić information content (AvgIpc) is 2.93. The normalized spacial score (nSPS) is 20.3. The molecule has 2 aliphatic rings. The van der Waals surface area contributed by atoms with Crippen molar-refractivity contribution in [3.63, 3.8) is 0 Å². The molecule has 0 aromatic carbocycles. The molecule has 1 aromatic rings. The maximum Gasteiger partial charge on any atom is 0.323 e. The Bertz CT molecular complexity index is 661. The fourth-order valence-corrected chi connectivity index (χ4v) is 4.62. The fraction of sp³-hybridized carbons (Fsp3) is 0.714. The Morgan fingerprint density at radius 3 is 2.61 bits per heavy atom. The third-order valence-electron chi connectivity index (χ3n) is 4.54. The van der Waals surface area contributed by atoms with Gasteiger partial charge in [0.15, 0.2) is 5.13 Å². The van der Waals surface area contributed by atoms with Crippen LogP contribution in [0, 0.1) is 0 Å². The Morgan fingerprint density at radius 2 is 2.04 bits per heavy atom. The van der Waals surface area contributed by atoms with Crippen molar-refractivity contribution in [1.82, 2.24) is 14.2 Å². The van der Waals surface area contributed by atoms with Gasteiger partial charge < -0.3 is 4.90 Å². The lowest BCUT2D eigenvalue weighted by molar-refractivity contribution is 0.184. The minimum Gasteiger partial charge on any atom is -0.322 e. The minimum atomic E-state index is -3.17. The number of sulfonamides is 1. The first-order chi connectivity index (χ1) is 11.0. The highest BCUT2D eigenvalue weighted by Gasteiger charge is 2.28. The molecule has 2 amide bonds. The van der Waals surface area contributed by atoms with Gasteiger partial charge in [-0.25, -0.2) is 18.2 Å². The number of aromatic nitrogens is 1. The molecule has 1 saturated carbocycles. The second-order valence-electron chi connectivity index (χ2n) is 5.92. The van der Waals surface area contributed by atoms with Gasteiger partial charge in [-0.15, -0.1) is 11.3 Å². The Kier molecular flexibility index (Phi) is 4.88. The predicted molar refractivity (Wildman–Crippen MR) is 90.3 cm³/mol. The zero-order chi connectivity index (χ0) is 16.4. The first-order valence-corrected chi connectivity index (χ1v) is 10.5. The van der Waals surface area contributed by atoms with E-state index < -0.39 is 10.0 Å². The molecule has 2 heterocycles. The summed E-state index contributed by atoms with van der Waals surface area (Å²) in [5.74, 6) is 0.655. The quantitative estimate of drug-likeness (QED) is 0.891. The van der Waals surface area contributed by atoms with Crippen molar-refractivity contribution in [2.24, 2.45) is 0 Å². The summed E-state index contributed by atoms with van der Waals surface area (Å²) >= 11 is 1.45. The molecule has 23 heavy (non-hydrogen) atoms. The number of hydrogen-bond acceptors (Lipinski definition) is 5. The number of nitrogens with one attached hydrogen (secondary N) is 1. The minimum absolute atomic E-state index is 0.0995. The Labute approximate surface area is 140 Å². The molecular formula is C14H22N4O3S2. The molecule has 9 heteroatoms. The zero-order valence-electron chi connectivity index (χ0n) is 13.2. The van der Waals surface area contributed by atoms with E-state index in [1.165, 1.54) is 34.9 Å². The molecule has 0 unspecified atom stereocenters. The summed E-state index contributed by atoms with van der Waals surface area (Å²) in [6, 6.07) is -0.201. The van der Waals surface area contributed by atoms with Gasteiger partial charge in [0, 0.05) is 37.5 Å². The highest BCUT2D eigenvalue weighted by molar-refractivity contribution is 7.89. The van der Waals surface area contributed by atoms with Crippen molar-refractivity contribution in [3.8, 4) is 0 Å². The van der Waals surface area contributed by atoms with Gasteiger partial charge in [-0.1, -0.05) is 6.42 Å². The number of rotatable bonds is 4. The van der Waals surface area contributed by atoms with Gasteiger partial charge in [-0.3, -0.25) is 5.32 Å². The summed E-state index contributed by atoms with van der Waals surface area (Å²) in [6.07, 6.45) is 3.63. The van der Waals surface area contributed by atoms with E-state index in [4.69, 9.17) is 0 Å². The number of carbonyl (C=O) groups excluding carboxylic acids is 1. The lowest BCUT2D eigenvalue weighted by Crippen LogP contribution is -2.51. The molecule has 1 aliphatic carbocycles. The van der Waals surface area contributed by atoms with Gasteiger partial charge in [-0.2, -0.15) is 4.31 Å². The van der Waals surface area contributed by atoms with Crippen LogP contribution in [-0.4, -0.2) is 60.6 Å². The van der Waals surface area contributed by atoms with Crippen LogP contribution < -0.4 is 5.32 Å². The van der Waals surface area contributed by atoms with Crippen LogP contribution in [0.4, 0.5) is 9.93 Å². The van der Waals surface area contributed by atoms with E-state index in [1.807, 2.05) is 5.38 Å². The van der Waals surface area contributed by atoms with E-state index >= 15 is 0 Å². The smallest absolute Gasteiger partial charge is 0.322 e.